The first-order chi connectivity index (χ1) is 7.13. The predicted octanol–water partition coefficient (Wildman–Crippen LogP) is 0.806. The number of rotatable bonds is 1. The zero-order chi connectivity index (χ0) is 10.9. The molecule has 3 rings (SSSR count). The monoisotopic (exact) mass is 229 g/mol. The maximum Gasteiger partial charge on any atom is 0.529 e. The minimum atomic E-state index is -2.59. The summed E-state index contributed by atoms with van der Waals surface area (Å²) in [6.45, 7) is 11.5. The number of hydrogen-bond acceptors (Lipinski definition) is 4. The molecule has 0 radical (unpaired) electrons. The van der Waals surface area contributed by atoms with Crippen LogP contribution >= 0.6 is 0 Å². The molecule has 86 valence electrons. The molecule has 3 aliphatic heterocycles. The summed E-state index contributed by atoms with van der Waals surface area (Å²) in [6.07, 6.45) is 0.310. The Morgan fingerprint density at radius 2 is 1.87 bits per heavy atom. The van der Waals surface area contributed by atoms with Crippen LogP contribution < -0.4 is 0 Å². The van der Waals surface area contributed by atoms with Gasteiger partial charge in [0.05, 0.1) is 18.8 Å². The van der Waals surface area contributed by atoms with Crippen molar-refractivity contribution in [3.05, 3.63) is 12.3 Å². The first kappa shape index (κ1) is 11.3. The van der Waals surface area contributed by atoms with Crippen molar-refractivity contribution in [2.75, 3.05) is 26.2 Å². The standard InChI is InChI=1S/C10H19NO3Si/c1-4-15-12-6-5-11(7-9(2)13-15)8-10(3)14-15/h4,9-10H,1,5-8H2,2-3H3. The molecule has 0 spiro atoms. The normalized spacial score (nSPS) is 46.7. The van der Waals surface area contributed by atoms with Gasteiger partial charge in [0, 0.05) is 19.6 Å². The van der Waals surface area contributed by atoms with Gasteiger partial charge in [0.2, 0.25) is 0 Å². The second kappa shape index (κ2) is 4.35. The van der Waals surface area contributed by atoms with Crippen molar-refractivity contribution < 1.29 is 13.3 Å². The van der Waals surface area contributed by atoms with E-state index in [1.165, 1.54) is 0 Å². The van der Waals surface area contributed by atoms with E-state index in [1.807, 2.05) is 0 Å². The van der Waals surface area contributed by atoms with E-state index >= 15 is 0 Å². The molecule has 0 amide bonds. The van der Waals surface area contributed by atoms with Gasteiger partial charge >= 0.3 is 8.80 Å². The van der Waals surface area contributed by atoms with Gasteiger partial charge in [-0.3, -0.25) is 4.90 Å². The van der Waals surface area contributed by atoms with Crippen molar-refractivity contribution in [1.29, 1.82) is 0 Å². The van der Waals surface area contributed by atoms with Crippen LogP contribution in [0.1, 0.15) is 13.8 Å². The predicted molar refractivity (Wildman–Crippen MR) is 59.4 cm³/mol. The van der Waals surface area contributed by atoms with Gasteiger partial charge in [0.15, 0.2) is 0 Å². The van der Waals surface area contributed by atoms with Gasteiger partial charge in [-0.25, -0.2) is 0 Å². The minimum absolute atomic E-state index is 0.155. The van der Waals surface area contributed by atoms with Gasteiger partial charge in [0.1, 0.15) is 0 Å². The zero-order valence-electron chi connectivity index (χ0n) is 9.44. The van der Waals surface area contributed by atoms with Gasteiger partial charge < -0.3 is 13.3 Å². The number of nitrogens with zero attached hydrogens (tertiary/aromatic N) is 1. The minimum Gasteiger partial charge on any atom is -0.369 e. The van der Waals surface area contributed by atoms with Crippen molar-refractivity contribution in [2.45, 2.75) is 26.1 Å². The summed E-state index contributed by atoms with van der Waals surface area (Å²) in [6, 6.07) is 0. The van der Waals surface area contributed by atoms with E-state index in [0.717, 1.165) is 19.6 Å². The van der Waals surface area contributed by atoms with Crippen LogP contribution in [0.25, 0.3) is 0 Å². The summed E-state index contributed by atoms with van der Waals surface area (Å²) in [7, 11) is -2.59. The SMILES string of the molecule is C=C[Si]12OCCN(CC(C)O1)CC(C)O2. The third kappa shape index (κ3) is 2.48. The molecule has 0 aromatic rings. The largest absolute Gasteiger partial charge is 0.529 e. The van der Waals surface area contributed by atoms with Crippen LogP contribution in [0.5, 0.6) is 0 Å². The Labute approximate surface area is 92.2 Å². The lowest BCUT2D eigenvalue weighted by Gasteiger charge is -2.41. The van der Waals surface area contributed by atoms with Crippen LogP contribution in [0.4, 0.5) is 0 Å². The van der Waals surface area contributed by atoms with Gasteiger partial charge in [-0.05, 0) is 19.5 Å². The molecule has 15 heavy (non-hydrogen) atoms. The molecule has 0 saturated carbocycles. The lowest BCUT2D eigenvalue weighted by molar-refractivity contribution is -0.0511. The molecule has 4 nitrogen and oxygen atoms in total. The first-order valence-corrected chi connectivity index (χ1v) is 7.29. The second-order valence-electron chi connectivity index (χ2n) is 4.27. The van der Waals surface area contributed by atoms with E-state index in [4.69, 9.17) is 13.3 Å². The Bertz CT molecular complexity index is 235. The van der Waals surface area contributed by atoms with Gasteiger partial charge in [-0.1, -0.05) is 6.58 Å². The fourth-order valence-corrected chi connectivity index (χ4v) is 4.34. The molecule has 0 aliphatic carbocycles. The van der Waals surface area contributed by atoms with Gasteiger partial charge in [0.25, 0.3) is 0 Å². The molecule has 2 atom stereocenters. The van der Waals surface area contributed by atoms with Crippen molar-refractivity contribution in [1.82, 2.24) is 4.90 Å². The highest BCUT2D eigenvalue weighted by molar-refractivity contribution is 6.66. The molecule has 0 aromatic heterocycles. The van der Waals surface area contributed by atoms with Crippen molar-refractivity contribution in [3.63, 3.8) is 0 Å². The van der Waals surface area contributed by atoms with E-state index in [2.05, 4.69) is 25.3 Å². The fraction of sp³-hybridized carbons (Fsp3) is 0.800. The van der Waals surface area contributed by atoms with Gasteiger partial charge in [-0.15, -0.1) is 0 Å². The number of fused-ring (bicyclic) bond motifs is 6. The molecule has 5 heteroatoms. The summed E-state index contributed by atoms with van der Waals surface area (Å²) in [5.74, 6) is 0. The Hall–Kier alpha value is -0.203. The Morgan fingerprint density at radius 3 is 2.40 bits per heavy atom. The zero-order valence-corrected chi connectivity index (χ0v) is 10.4. The van der Waals surface area contributed by atoms with E-state index in [1.54, 1.807) is 5.70 Å². The lowest BCUT2D eigenvalue weighted by atomic mass is 10.3. The van der Waals surface area contributed by atoms with E-state index in [0.29, 0.717) is 6.61 Å². The Balaban J connectivity index is 2.22. The summed E-state index contributed by atoms with van der Waals surface area (Å²) >= 11 is 0. The average Bonchev–Trinajstić information content (AvgIpc) is 2.10. The molecule has 0 N–H and O–H groups in total. The third-order valence-electron chi connectivity index (χ3n) is 2.72. The first-order valence-electron chi connectivity index (χ1n) is 5.49. The third-order valence-corrected chi connectivity index (χ3v) is 5.29. The summed E-state index contributed by atoms with van der Waals surface area (Å²) in [5.41, 5.74) is 1.75. The van der Waals surface area contributed by atoms with Gasteiger partial charge in [-0.2, -0.15) is 0 Å². The summed E-state index contributed by atoms with van der Waals surface area (Å²) < 4.78 is 17.6. The highest BCUT2D eigenvalue weighted by atomic mass is 28.4. The highest BCUT2D eigenvalue weighted by Gasteiger charge is 2.44. The van der Waals surface area contributed by atoms with E-state index in [-0.39, 0.29) is 12.2 Å². The lowest BCUT2D eigenvalue weighted by Crippen LogP contribution is -2.58. The molecule has 0 aromatic carbocycles. The molecule has 2 unspecified atom stereocenters. The molecule has 2 bridgehead atoms. The smallest absolute Gasteiger partial charge is 0.369 e. The Morgan fingerprint density at radius 1 is 1.27 bits per heavy atom. The average molecular weight is 229 g/mol. The molecule has 3 fully saturated rings. The van der Waals surface area contributed by atoms with E-state index < -0.39 is 8.80 Å². The molecule has 3 heterocycles. The van der Waals surface area contributed by atoms with Crippen LogP contribution in [-0.4, -0.2) is 52.2 Å². The van der Waals surface area contributed by atoms with E-state index in [9.17, 15) is 0 Å². The highest BCUT2D eigenvalue weighted by Crippen LogP contribution is 2.22. The topological polar surface area (TPSA) is 30.9 Å². The fourth-order valence-electron chi connectivity index (χ4n) is 2.19. The quantitative estimate of drug-likeness (QED) is 0.623. The van der Waals surface area contributed by atoms with Crippen molar-refractivity contribution >= 4 is 8.80 Å². The van der Waals surface area contributed by atoms with Crippen LogP contribution in [0.3, 0.4) is 0 Å². The number of hydrogen-bond donors (Lipinski definition) is 0. The van der Waals surface area contributed by atoms with Crippen molar-refractivity contribution in [3.8, 4) is 0 Å². The summed E-state index contributed by atoms with van der Waals surface area (Å²) in [5, 5.41) is 0. The molecular weight excluding hydrogens is 210 g/mol. The Kier molecular flexibility index (Phi) is 3.27. The molecule has 3 aliphatic rings. The van der Waals surface area contributed by atoms with Crippen LogP contribution in [-0.2, 0) is 13.3 Å². The second-order valence-corrected chi connectivity index (χ2v) is 6.65. The molecular formula is C10H19NO3Si. The summed E-state index contributed by atoms with van der Waals surface area (Å²) in [4.78, 5) is 2.33. The maximum atomic E-state index is 5.90. The maximum absolute atomic E-state index is 5.90. The van der Waals surface area contributed by atoms with Crippen LogP contribution in [0.15, 0.2) is 12.3 Å². The van der Waals surface area contributed by atoms with Crippen LogP contribution in [0, 0.1) is 0 Å². The van der Waals surface area contributed by atoms with Crippen LogP contribution in [0.2, 0.25) is 0 Å². The molecule has 3 saturated heterocycles. The van der Waals surface area contributed by atoms with Crippen molar-refractivity contribution in [2.24, 2.45) is 0 Å².